The highest BCUT2D eigenvalue weighted by atomic mass is 19.3. The third kappa shape index (κ3) is 5.57. The van der Waals surface area contributed by atoms with E-state index in [0.29, 0.717) is 44.0 Å². The van der Waals surface area contributed by atoms with Crippen LogP contribution in [0.15, 0.2) is 24.3 Å². The van der Waals surface area contributed by atoms with Crippen LogP contribution < -0.4 is 4.74 Å². The molecule has 0 amide bonds. The summed E-state index contributed by atoms with van der Waals surface area (Å²) in [6, 6.07) is 8.43. The lowest BCUT2D eigenvalue weighted by atomic mass is 9.53. The molecule has 0 atom stereocenters. The van der Waals surface area contributed by atoms with Gasteiger partial charge < -0.3 is 9.47 Å². The second kappa shape index (κ2) is 10.7. The Bertz CT molecular complexity index is 863. The van der Waals surface area contributed by atoms with Gasteiger partial charge in [0.2, 0.25) is 5.79 Å². The molecular weight excluding hydrogens is 476 g/mol. The van der Waals surface area contributed by atoms with Gasteiger partial charge in [-0.15, -0.1) is 0 Å². The zero-order chi connectivity index (χ0) is 25.5. The van der Waals surface area contributed by atoms with Gasteiger partial charge in [-0.2, -0.15) is 0 Å². The number of alkyl halides is 2. The smallest absolute Gasteiger partial charge is 0.250 e. The fourth-order valence-corrected chi connectivity index (χ4v) is 8.21. The van der Waals surface area contributed by atoms with Gasteiger partial charge in [0.15, 0.2) is 0 Å². The Balaban J connectivity index is 0.931. The van der Waals surface area contributed by atoms with Crippen LogP contribution >= 0.6 is 0 Å². The summed E-state index contributed by atoms with van der Waals surface area (Å²) in [6.07, 6.45) is 10.5. The molecule has 206 valence electrons. The van der Waals surface area contributed by atoms with Crippen molar-refractivity contribution in [3.63, 3.8) is 0 Å². The average molecular weight is 520 g/mol. The van der Waals surface area contributed by atoms with Crippen molar-refractivity contribution < 1.29 is 28.0 Å². The quantitative estimate of drug-likeness (QED) is 0.210. The van der Waals surface area contributed by atoms with Crippen LogP contribution in [0, 0.1) is 23.7 Å². The summed E-state index contributed by atoms with van der Waals surface area (Å²) in [5, 5.41) is 0. The molecule has 6 aliphatic rings. The van der Waals surface area contributed by atoms with Gasteiger partial charge in [-0.3, -0.25) is 4.90 Å². The Morgan fingerprint density at radius 2 is 1.49 bits per heavy atom. The highest BCUT2D eigenvalue weighted by Crippen LogP contribution is 2.60. The Labute approximate surface area is 220 Å². The minimum Gasteiger partial charge on any atom is -0.492 e. The first-order valence-electron chi connectivity index (χ1n) is 14.6. The van der Waals surface area contributed by atoms with E-state index in [-0.39, 0.29) is 18.9 Å². The molecule has 1 heterocycles. The lowest BCUT2D eigenvalue weighted by molar-refractivity contribution is -0.485. The van der Waals surface area contributed by atoms with Gasteiger partial charge in [0.05, 0.1) is 6.10 Å². The van der Waals surface area contributed by atoms with Gasteiger partial charge in [0.25, 0.3) is 5.92 Å². The molecule has 7 rings (SSSR count). The van der Waals surface area contributed by atoms with Crippen LogP contribution in [-0.4, -0.2) is 56.1 Å². The number of ether oxygens (including phenoxy) is 2. The average Bonchev–Trinajstić information content (AvgIpc) is 2.90. The molecule has 5 saturated carbocycles. The standard InChI is InChI=1S/C30H43F2NO4/c1-34-30(25-17-21-16-22(19-25)20-26(30)18-21)37-36-28-8-4-24(5-9-28)23-2-6-27(7-3-23)35-15-14-33-12-10-29(31,32)11-13-33/h2-3,6-7,21-22,24-26,28H,4-5,8-20H2,1H3/t21?,22?,24-,25?,26?,28+,30?. The predicted octanol–water partition coefficient (Wildman–Crippen LogP) is 6.57. The van der Waals surface area contributed by atoms with E-state index < -0.39 is 11.7 Å². The van der Waals surface area contributed by atoms with Crippen molar-refractivity contribution in [2.45, 2.75) is 94.4 Å². The molecule has 1 aromatic rings. The Morgan fingerprint density at radius 1 is 0.865 bits per heavy atom. The first kappa shape index (κ1) is 26.0. The SMILES string of the molecule is COC1(OO[C@H]2CC[C@@H](c3ccc(OCCN4CCC(F)(F)CC4)cc3)CC2)C2CC3CC(C2)CC1C3. The molecule has 37 heavy (non-hydrogen) atoms. The van der Waals surface area contributed by atoms with Crippen LogP contribution in [-0.2, 0) is 14.5 Å². The molecule has 0 N–H and O–H groups in total. The van der Waals surface area contributed by atoms with Crippen molar-refractivity contribution in [2.24, 2.45) is 23.7 Å². The minimum absolute atomic E-state index is 0.0454. The molecule has 5 nitrogen and oxygen atoms in total. The molecular formula is C30H43F2NO4. The van der Waals surface area contributed by atoms with E-state index in [1.54, 1.807) is 0 Å². The molecule has 1 aromatic carbocycles. The van der Waals surface area contributed by atoms with Gasteiger partial charge in [-0.25, -0.2) is 18.6 Å². The first-order chi connectivity index (χ1) is 17.9. The van der Waals surface area contributed by atoms with Gasteiger partial charge in [-0.1, -0.05) is 12.1 Å². The fourth-order valence-electron chi connectivity index (χ4n) is 8.21. The van der Waals surface area contributed by atoms with Gasteiger partial charge in [-0.05, 0) is 93.2 Å². The van der Waals surface area contributed by atoms with Gasteiger partial charge in [0, 0.05) is 51.4 Å². The van der Waals surface area contributed by atoms with Crippen LogP contribution in [0.2, 0.25) is 0 Å². The summed E-state index contributed by atoms with van der Waals surface area (Å²) < 4.78 is 38.6. The maximum Gasteiger partial charge on any atom is 0.250 e. The van der Waals surface area contributed by atoms with Crippen LogP contribution in [0.25, 0.3) is 0 Å². The highest BCUT2D eigenvalue weighted by molar-refractivity contribution is 5.29. The van der Waals surface area contributed by atoms with Crippen molar-refractivity contribution in [2.75, 3.05) is 33.4 Å². The molecule has 4 bridgehead atoms. The summed E-state index contributed by atoms with van der Waals surface area (Å²) in [6.45, 7) is 2.11. The van der Waals surface area contributed by atoms with Crippen LogP contribution in [0.5, 0.6) is 5.75 Å². The lowest BCUT2D eigenvalue weighted by Gasteiger charge is -2.58. The normalized spacial score (nSPS) is 39.1. The van der Waals surface area contributed by atoms with E-state index in [2.05, 4.69) is 17.0 Å². The number of hydrogen-bond acceptors (Lipinski definition) is 5. The second-order valence-electron chi connectivity index (χ2n) is 12.5. The number of piperidine rings is 1. The van der Waals surface area contributed by atoms with E-state index in [0.717, 1.165) is 43.3 Å². The topological polar surface area (TPSA) is 40.2 Å². The maximum atomic E-state index is 13.3. The zero-order valence-electron chi connectivity index (χ0n) is 22.2. The van der Waals surface area contributed by atoms with Crippen molar-refractivity contribution in [1.29, 1.82) is 0 Å². The number of hydrogen-bond donors (Lipinski definition) is 0. The van der Waals surface area contributed by atoms with Crippen molar-refractivity contribution >= 4 is 0 Å². The third-order valence-corrected chi connectivity index (χ3v) is 10.2. The molecule has 7 heteroatoms. The van der Waals surface area contributed by atoms with E-state index in [9.17, 15) is 8.78 Å². The second-order valence-corrected chi connectivity index (χ2v) is 12.5. The summed E-state index contributed by atoms with van der Waals surface area (Å²) in [4.78, 5) is 14.4. The molecule has 0 aromatic heterocycles. The maximum absolute atomic E-state index is 13.3. The zero-order valence-corrected chi connectivity index (χ0v) is 22.2. The van der Waals surface area contributed by atoms with Gasteiger partial charge in [0.1, 0.15) is 12.4 Å². The first-order valence-corrected chi connectivity index (χ1v) is 14.6. The Kier molecular flexibility index (Phi) is 7.52. The fraction of sp³-hybridized carbons (Fsp3) is 0.800. The molecule has 1 aliphatic heterocycles. The lowest BCUT2D eigenvalue weighted by Crippen LogP contribution is -2.60. The van der Waals surface area contributed by atoms with Crippen LogP contribution in [0.4, 0.5) is 8.78 Å². The highest BCUT2D eigenvalue weighted by Gasteiger charge is 2.60. The number of halogens is 2. The summed E-state index contributed by atoms with van der Waals surface area (Å²) in [7, 11) is 1.81. The van der Waals surface area contributed by atoms with E-state index in [1.165, 1.54) is 37.7 Å². The number of benzene rings is 1. The van der Waals surface area contributed by atoms with Crippen LogP contribution in [0.1, 0.15) is 82.1 Å². The van der Waals surface area contributed by atoms with E-state index in [4.69, 9.17) is 19.2 Å². The molecule has 5 aliphatic carbocycles. The summed E-state index contributed by atoms with van der Waals surface area (Å²) in [5.41, 5.74) is 1.35. The molecule has 6 fully saturated rings. The van der Waals surface area contributed by atoms with Crippen molar-refractivity contribution in [3.05, 3.63) is 29.8 Å². The van der Waals surface area contributed by atoms with Crippen molar-refractivity contribution in [1.82, 2.24) is 4.90 Å². The largest absolute Gasteiger partial charge is 0.492 e. The third-order valence-electron chi connectivity index (χ3n) is 10.2. The predicted molar refractivity (Wildman–Crippen MR) is 137 cm³/mol. The summed E-state index contributed by atoms with van der Waals surface area (Å²) >= 11 is 0. The summed E-state index contributed by atoms with van der Waals surface area (Å²) in [5.74, 6) is 1.05. The number of methoxy groups -OCH3 is 1. The number of nitrogens with zero attached hydrogens (tertiary/aromatic N) is 1. The molecule has 0 unspecified atom stereocenters. The number of rotatable bonds is 9. The minimum atomic E-state index is -2.49. The molecule has 1 saturated heterocycles. The Hall–Kier alpha value is -1.28. The van der Waals surface area contributed by atoms with Gasteiger partial charge >= 0.3 is 0 Å². The number of likely N-dealkylation sites (tertiary alicyclic amines) is 1. The van der Waals surface area contributed by atoms with Crippen LogP contribution in [0.3, 0.4) is 0 Å². The molecule has 0 radical (unpaired) electrons. The van der Waals surface area contributed by atoms with E-state index >= 15 is 0 Å². The van der Waals surface area contributed by atoms with E-state index in [1.807, 2.05) is 19.2 Å². The monoisotopic (exact) mass is 519 g/mol. The van der Waals surface area contributed by atoms with Crippen molar-refractivity contribution in [3.8, 4) is 5.75 Å². The Morgan fingerprint density at radius 3 is 2.08 bits per heavy atom. The molecule has 0 spiro atoms.